The van der Waals surface area contributed by atoms with E-state index < -0.39 is 10.0 Å². The minimum absolute atomic E-state index is 0.112. The van der Waals surface area contributed by atoms with Gasteiger partial charge in [0, 0.05) is 38.3 Å². The first-order chi connectivity index (χ1) is 13.4. The summed E-state index contributed by atoms with van der Waals surface area (Å²) in [6.45, 7) is 3.70. The normalized spacial score (nSPS) is 21.1. The summed E-state index contributed by atoms with van der Waals surface area (Å²) in [5.41, 5.74) is 1.79. The molecule has 2 fully saturated rings. The second-order valence-electron chi connectivity index (χ2n) is 7.55. The lowest BCUT2D eigenvalue weighted by Gasteiger charge is -2.31. The largest absolute Gasteiger partial charge is 0.352 e. The third kappa shape index (κ3) is 4.91. The average molecular weight is 408 g/mol. The van der Waals surface area contributed by atoms with Crippen LogP contribution in [0.2, 0.25) is 0 Å². The fourth-order valence-corrected chi connectivity index (χ4v) is 5.47. The number of piperidine rings is 1. The SMILES string of the molecule is CCCS(=O)(=O)N1CCC[C@@H](C(=O)NCc2cccc(N3CCCC3=O)c2)C1. The van der Waals surface area contributed by atoms with Crippen molar-refractivity contribution in [3.8, 4) is 0 Å². The summed E-state index contributed by atoms with van der Waals surface area (Å²) in [4.78, 5) is 26.3. The van der Waals surface area contributed by atoms with Crippen LogP contribution in [0.4, 0.5) is 5.69 Å². The number of rotatable bonds is 7. The summed E-state index contributed by atoms with van der Waals surface area (Å²) in [5.74, 6) is -0.164. The molecule has 1 aromatic rings. The highest BCUT2D eigenvalue weighted by atomic mass is 32.2. The van der Waals surface area contributed by atoms with Gasteiger partial charge in [-0.3, -0.25) is 9.59 Å². The van der Waals surface area contributed by atoms with Gasteiger partial charge in [-0.2, -0.15) is 0 Å². The van der Waals surface area contributed by atoms with Gasteiger partial charge in [0.1, 0.15) is 0 Å². The molecule has 0 bridgehead atoms. The van der Waals surface area contributed by atoms with Gasteiger partial charge in [0.05, 0.1) is 11.7 Å². The molecule has 0 unspecified atom stereocenters. The van der Waals surface area contributed by atoms with Gasteiger partial charge in [0.2, 0.25) is 21.8 Å². The molecule has 8 heteroatoms. The Hall–Kier alpha value is -1.93. The molecular weight excluding hydrogens is 378 g/mol. The smallest absolute Gasteiger partial charge is 0.227 e. The van der Waals surface area contributed by atoms with Crippen LogP contribution in [0.15, 0.2) is 24.3 Å². The summed E-state index contributed by atoms with van der Waals surface area (Å²) in [6.07, 6.45) is 3.43. The van der Waals surface area contributed by atoms with Crippen molar-refractivity contribution in [1.82, 2.24) is 9.62 Å². The van der Waals surface area contributed by atoms with Crippen LogP contribution in [0.1, 0.15) is 44.6 Å². The molecule has 0 aromatic heterocycles. The Morgan fingerprint density at radius 1 is 1.25 bits per heavy atom. The highest BCUT2D eigenvalue weighted by Crippen LogP contribution is 2.23. The summed E-state index contributed by atoms with van der Waals surface area (Å²) < 4.78 is 26.0. The molecule has 1 N–H and O–H groups in total. The lowest BCUT2D eigenvalue weighted by atomic mass is 9.98. The van der Waals surface area contributed by atoms with Crippen molar-refractivity contribution in [2.45, 2.75) is 45.6 Å². The molecule has 2 aliphatic heterocycles. The molecule has 2 aliphatic rings. The number of amides is 2. The molecule has 28 heavy (non-hydrogen) atoms. The molecule has 2 heterocycles. The van der Waals surface area contributed by atoms with Crippen LogP contribution in [0, 0.1) is 5.92 Å². The van der Waals surface area contributed by atoms with E-state index in [2.05, 4.69) is 5.32 Å². The van der Waals surface area contributed by atoms with E-state index >= 15 is 0 Å². The van der Waals surface area contributed by atoms with Crippen LogP contribution in [-0.2, 0) is 26.2 Å². The second-order valence-corrected chi connectivity index (χ2v) is 9.64. The van der Waals surface area contributed by atoms with Crippen LogP contribution in [0.3, 0.4) is 0 Å². The Bertz CT molecular complexity index is 824. The van der Waals surface area contributed by atoms with E-state index in [-0.39, 0.29) is 30.0 Å². The van der Waals surface area contributed by atoms with Crippen molar-refractivity contribution >= 4 is 27.5 Å². The van der Waals surface area contributed by atoms with Crippen LogP contribution in [0.5, 0.6) is 0 Å². The Kier molecular flexibility index (Phi) is 6.72. The molecular formula is C20H29N3O4S. The van der Waals surface area contributed by atoms with E-state index in [0.717, 1.165) is 24.2 Å². The zero-order valence-electron chi connectivity index (χ0n) is 16.4. The summed E-state index contributed by atoms with van der Waals surface area (Å²) in [7, 11) is -3.27. The summed E-state index contributed by atoms with van der Waals surface area (Å²) in [5, 5.41) is 2.94. The van der Waals surface area contributed by atoms with E-state index in [1.165, 1.54) is 4.31 Å². The number of nitrogens with one attached hydrogen (secondary N) is 1. The zero-order chi connectivity index (χ0) is 20.1. The van der Waals surface area contributed by atoms with Crippen molar-refractivity contribution in [2.24, 2.45) is 5.92 Å². The van der Waals surface area contributed by atoms with Gasteiger partial charge >= 0.3 is 0 Å². The van der Waals surface area contributed by atoms with Gasteiger partial charge in [-0.25, -0.2) is 12.7 Å². The number of sulfonamides is 1. The van der Waals surface area contributed by atoms with Crippen molar-refractivity contribution in [2.75, 3.05) is 30.3 Å². The quantitative estimate of drug-likeness (QED) is 0.748. The molecule has 0 spiro atoms. The third-order valence-corrected chi connectivity index (χ3v) is 7.42. The first-order valence-electron chi connectivity index (χ1n) is 10.1. The van der Waals surface area contributed by atoms with Gasteiger partial charge in [0.25, 0.3) is 0 Å². The number of hydrogen-bond acceptors (Lipinski definition) is 4. The van der Waals surface area contributed by atoms with Gasteiger partial charge in [-0.1, -0.05) is 19.1 Å². The molecule has 3 rings (SSSR count). The van der Waals surface area contributed by atoms with Crippen LogP contribution >= 0.6 is 0 Å². The molecule has 7 nitrogen and oxygen atoms in total. The van der Waals surface area contributed by atoms with E-state index in [9.17, 15) is 18.0 Å². The second kappa shape index (κ2) is 9.05. The highest BCUT2D eigenvalue weighted by molar-refractivity contribution is 7.89. The van der Waals surface area contributed by atoms with Gasteiger partial charge in [0.15, 0.2) is 0 Å². The number of anilines is 1. The number of hydrogen-bond donors (Lipinski definition) is 1. The standard InChI is InChI=1S/C20H29N3O4S/c1-2-12-28(26,27)22-10-4-7-17(15-22)20(25)21-14-16-6-3-8-18(13-16)23-11-5-9-19(23)24/h3,6,8,13,17H,2,4-5,7,9-12,14-15H2,1H3,(H,21,25)/t17-/m1/s1. The maximum Gasteiger partial charge on any atom is 0.227 e. The predicted molar refractivity (Wildman–Crippen MR) is 108 cm³/mol. The third-order valence-electron chi connectivity index (χ3n) is 5.37. The Morgan fingerprint density at radius 2 is 2.07 bits per heavy atom. The maximum atomic E-state index is 12.6. The summed E-state index contributed by atoms with van der Waals surface area (Å²) >= 11 is 0. The van der Waals surface area contributed by atoms with Gasteiger partial charge in [-0.15, -0.1) is 0 Å². The van der Waals surface area contributed by atoms with Crippen molar-refractivity contribution in [1.29, 1.82) is 0 Å². The molecule has 1 aromatic carbocycles. The first-order valence-corrected chi connectivity index (χ1v) is 11.7. The lowest BCUT2D eigenvalue weighted by Crippen LogP contribution is -2.45. The van der Waals surface area contributed by atoms with Crippen molar-refractivity contribution in [3.63, 3.8) is 0 Å². The molecule has 0 radical (unpaired) electrons. The number of carbonyl (C=O) groups is 2. The maximum absolute atomic E-state index is 12.6. The Labute approximate surface area is 167 Å². The Morgan fingerprint density at radius 3 is 2.79 bits per heavy atom. The molecule has 0 aliphatic carbocycles. The molecule has 0 saturated carbocycles. The van der Waals surface area contributed by atoms with Crippen LogP contribution in [0.25, 0.3) is 0 Å². The lowest BCUT2D eigenvalue weighted by molar-refractivity contribution is -0.126. The summed E-state index contributed by atoms with van der Waals surface area (Å²) in [6, 6.07) is 7.65. The fraction of sp³-hybridized carbons (Fsp3) is 0.600. The van der Waals surface area contributed by atoms with Gasteiger partial charge < -0.3 is 10.2 Å². The average Bonchev–Trinajstić information content (AvgIpc) is 3.12. The van der Waals surface area contributed by atoms with Crippen molar-refractivity contribution < 1.29 is 18.0 Å². The number of carbonyl (C=O) groups excluding carboxylic acids is 2. The fourth-order valence-electron chi connectivity index (χ4n) is 3.89. The Balaban J connectivity index is 1.57. The molecule has 1 atom stereocenters. The molecule has 2 amide bonds. The minimum Gasteiger partial charge on any atom is -0.352 e. The first kappa shape index (κ1) is 20.8. The predicted octanol–water partition coefficient (Wildman–Crippen LogP) is 1.88. The number of benzene rings is 1. The van der Waals surface area contributed by atoms with E-state index in [1.54, 1.807) is 4.90 Å². The van der Waals surface area contributed by atoms with Crippen LogP contribution < -0.4 is 10.2 Å². The molecule has 2 saturated heterocycles. The molecule has 154 valence electrons. The van der Waals surface area contributed by atoms with Crippen LogP contribution in [-0.4, -0.2) is 49.9 Å². The number of nitrogens with zero attached hydrogens (tertiary/aromatic N) is 2. The minimum atomic E-state index is -3.27. The highest BCUT2D eigenvalue weighted by Gasteiger charge is 2.31. The topological polar surface area (TPSA) is 86.8 Å². The van der Waals surface area contributed by atoms with E-state index in [0.29, 0.717) is 38.8 Å². The van der Waals surface area contributed by atoms with Gasteiger partial charge in [-0.05, 0) is 43.4 Å². The monoisotopic (exact) mass is 407 g/mol. The van der Waals surface area contributed by atoms with E-state index in [1.807, 2.05) is 31.2 Å². The van der Waals surface area contributed by atoms with E-state index in [4.69, 9.17) is 0 Å². The zero-order valence-corrected chi connectivity index (χ0v) is 17.2. The van der Waals surface area contributed by atoms with Crippen molar-refractivity contribution in [3.05, 3.63) is 29.8 Å².